The molecule has 0 aromatic carbocycles. The van der Waals surface area contributed by atoms with Crippen molar-refractivity contribution in [1.29, 1.82) is 0 Å². The van der Waals surface area contributed by atoms with Crippen molar-refractivity contribution in [3.05, 3.63) is 17.6 Å². The summed E-state index contributed by atoms with van der Waals surface area (Å²) < 4.78 is 39.9. The summed E-state index contributed by atoms with van der Waals surface area (Å²) >= 11 is 0. The fourth-order valence-corrected chi connectivity index (χ4v) is 3.84. The van der Waals surface area contributed by atoms with Crippen LogP contribution >= 0.6 is 0 Å². The highest BCUT2D eigenvalue weighted by Crippen LogP contribution is 2.27. The highest BCUT2D eigenvalue weighted by molar-refractivity contribution is 5.46. The van der Waals surface area contributed by atoms with Gasteiger partial charge in [0.15, 0.2) is 0 Å². The highest BCUT2D eigenvalue weighted by Gasteiger charge is 2.37. The fourth-order valence-electron chi connectivity index (χ4n) is 3.84. The predicted molar refractivity (Wildman–Crippen MR) is 93.0 cm³/mol. The zero-order valence-corrected chi connectivity index (χ0v) is 15.5. The van der Waals surface area contributed by atoms with Crippen LogP contribution in [-0.2, 0) is 6.18 Å². The van der Waals surface area contributed by atoms with E-state index < -0.39 is 12.0 Å². The molecule has 1 fully saturated rings. The van der Waals surface area contributed by atoms with Crippen LogP contribution in [0.2, 0.25) is 0 Å². The Hall–Kier alpha value is -1.90. The summed E-state index contributed by atoms with van der Waals surface area (Å²) in [5.41, 5.74) is 0.591. The molecule has 26 heavy (non-hydrogen) atoms. The zero-order chi connectivity index (χ0) is 19.1. The lowest BCUT2D eigenvalue weighted by Crippen LogP contribution is -2.43. The lowest BCUT2D eigenvalue weighted by Gasteiger charge is -2.36. The summed E-state index contributed by atoms with van der Waals surface area (Å²) in [6, 6.07) is 1.75. The third-order valence-corrected chi connectivity index (χ3v) is 4.56. The first-order valence-corrected chi connectivity index (χ1v) is 8.92. The number of alkyl halides is 3. The minimum Gasteiger partial charge on any atom is -0.366 e. The molecule has 3 heterocycles. The molecule has 3 atom stereocenters. The molecule has 0 radical (unpaired) electrons. The van der Waals surface area contributed by atoms with E-state index in [0.29, 0.717) is 23.3 Å². The Morgan fingerprint density at radius 1 is 1.23 bits per heavy atom. The third-order valence-electron chi connectivity index (χ3n) is 4.56. The van der Waals surface area contributed by atoms with E-state index in [0.717, 1.165) is 24.1 Å². The Labute approximate surface area is 150 Å². The van der Waals surface area contributed by atoms with E-state index in [1.54, 1.807) is 13.0 Å². The van der Waals surface area contributed by atoms with Crippen molar-refractivity contribution in [2.75, 3.05) is 25.0 Å². The number of nitrogens with one attached hydrogen (secondary N) is 1. The van der Waals surface area contributed by atoms with Gasteiger partial charge in [-0.2, -0.15) is 22.7 Å². The molecule has 0 spiro atoms. The average molecular weight is 370 g/mol. The Kier molecular flexibility index (Phi) is 5.09. The molecule has 144 valence electrons. The highest BCUT2D eigenvalue weighted by atomic mass is 19.4. The number of likely N-dealkylation sites (tertiary alicyclic amines) is 1. The number of fused-ring (bicyclic) bond motifs is 1. The van der Waals surface area contributed by atoms with Crippen LogP contribution in [0.3, 0.4) is 0 Å². The molecule has 1 saturated heterocycles. The molecule has 0 aliphatic carbocycles. The average Bonchev–Trinajstić information content (AvgIpc) is 2.89. The lowest BCUT2D eigenvalue weighted by atomic mass is 9.92. The number of aromatic nitrogens is 4. The summed E-state index contributed by atoms with van der Waals surface area (Å²) in [4.78, 5) is 9.97. The Bertz CT molecular complexity index is 762. The maximum atomic E-state index is 12.9. The Morgan fingerprint density at radius 2 is 1.88 bits per heavy atom. The van der Waals surface area contributed by atoms with Crippen LogP contribution in [0.25, 0.3) is 5.78 Å². The summed E-state index contributed by atoms with van der Waals surface area (Å²) in [7, 11) is 0. The summed E-state index contributed by atoms with van der Waals surface area (Å²) in [5.74, 6) is 0.564. The fraction of sp³-hybridized carbons (Fsp3) is 0.706. The summed E-state index contributed by atoms with van der Waals surface area (Å²) in [6.45, 7) is 11.2. The van der Waals surface area contributed by atoms with Gasteiger partial charge in [0.1, 0.15) is 5.82 Å². The second-order valence-corrected chi connectivity index (χ2v) is 7.64. The molecule has 0 bridgehead atoms. The zero-order valence-electron chi connectivity index (χ0n) is 15.5. The van der Waals surface area contributed by atoms with Crippen molar-refractivity contribution >= 4 is 11.6 Å². The van der Waals surface area contributed by atoms with Crippen molar-refractivity contribution in [1.82, 2.24) is 24.5 Å². The van der Waals surface area contributed by atoms with Crippen molar-refractivity contribution < 1.29 is 13.2 Å². The van der Waals surface area contributed by atoms with Crippen LogP contribution in [0.15, 0.2) is 6.07 Å². The smallest absolute Gasteiger partial charge is 0.366 e. The summed E-state index contributed by atoms with van der Waals surface area (Å²) in [5, 5.41) is 6.87. The van der Waals surface area contributed by atoms with E-state index >= 15 is 0 Å². The van der Waals surface area contributed by atoms with Gasteiger partial charge in [-0.3, -0.25) is 0 Å². The predicted octanol–water partition coefficient (Wildman–Crippen LogP) is 3.23. The molecule has 2 aromatic heterocycles. The monoisotopic (exact) mass is 370 g/mol. The number of nitrogens with zero attached hydrogens (tertiary/aromatic N) is 5. The molecular formula is C17H25F3N6. The number of halogens is 3. The maximum absolute atomic E-state index is 12.9. The second kappa shape index (κ2) is 7.02. The van der Waals surface area contributed by atoms with Crippen molar-refractivity contribution in [2.24, 2.45) is 11.8 Å². The third kappa shape index (κ3) is 4.25. The van der Waals surface area contributed by atoms with Gasteiger partial charge in [-0.25, -0.2) is 4.98 Å². The van der Waals surface area contributed by atoms with Crippen LogP contribution < -0.4 is 5.32 Å². The standard InChI is InChI=1S/C17H25F3N6/c1-10-5-11(2)8-25(7-10)9-13(4)21-14-6-12(3)22-16-23-15(17(18,19)20)24-26(14)16/h6,10-11,13,21H,5,7-9H2,1-4H3. The topological polar surface area (TPSA) is 58.4 Å². The minimum absolute atomic E-state index is 0.0489. The Balaban J connectivity index is 1.78. The SMILES string of the molecule is Cc1cc(NC(C)CN2CC(C)CC(C)C2)n2nc(C(F)(F)F)nc2n1. The minimum atomic E-state index is -4.59. The van der Waals surface area contributed by atoms with Gasteiger partial charge in [0, 0.05) is 37.4 Å². The number of hydrogen-bond donors (Lipinski definition) is 1. The molecule has 1 aliphatic rings. The van der Waals surface area contributed by atoms with Crippen LogP contribution in [-0.4, -0.2) is 50.2 Å². The second-order valence-electron chi connectivity index (χ2n) is 7.64. The molecular weight excluding hydrogens is 345 g/mol. The first kappa shape index (κ1) is 18.9. The number of hydrogen-bond acceptors (Lipinski definition) is 5. The van der Waals surface area contributed by atoms with Gasteiger partial charge in [-0.15, -0.1) is 5.10 Å². The molecule has 3 unspecified atom stereocenters. The van der Waals surface area contributed by atoms with Gasteiger partial charge in [-0.05, 0) is 32.1 Å². The van der Waals surface area contributed by atoms with E-state index in [1.165, 1.54) is 6.42 Å². The quantitative estimate of drug-likeness (QED) is 0.895. The van der Waals surface area contributed by atoms with E-state index in [9.17, 15) is 13.2 Å². The molecule has 0 saturated carbocycles. The van der Waals surface area contributed by atoms with Gasteiger partial charge >= 0.3 is 6.18 Å². The molecule has 6 nitrogen and oxygen atoms in total. The molecule has 1 N–H and O–H groups in total. The van der Waals surface area contributed by atoms with E-state index in [2.05, 4.69) is 39.1 Å². The van der Waals surface area contributed by atoms with Crippen molar-refractivity contribution in [2.45, 2.75) is 46.3 Å². The Morgan fingerprint density at radius 3 is 2.50 bits per heavy atom. The number of rotatable bonds is 4. The van der Waals surface area contributed by atoms with Gasteiger partial charge in [-0.1, -0.05) is 13.8 Å². The van der Waals surface area contributed by atoms with Gasteiger partial charge in [0.2, 0.25) is 0 Å². The van der Waals surface area contributed by atoms with Gasteiger partial charge in [0.25, 0.3) is 11.6 Å². The van der Waals surface area contributed by atoms with Gasteiger partial charge in [0.05, 0.1) is 0 Å². The number of aryl methyl sites for hydroxylation is 1. The largest absolute Gasteiger partial charge is 0.453 e. The van der Waals surface area contributed by atoms with Gasteiger partial charge < -0.3 is 10.2 Å². The number of anilines is 1. The van der Waals surface area contributed by atoms with Crippen LogP contribution in [0.4, 0.5) is 19.0 Å². The van der Waals surface area contributed by atoms with Crippen LogP contribution in [0, 0.1) is 18.8 Å². The van der Waals surface area contributed by atoms with E-state index in [-0.39, 0.29) is 11.8 Å². The molecule has 2 aromatic rings. The van der Waals surface area contributed by atoms with Crippen LogP contribution in [0.1, 0.15) is 38.7 Å². The van der Waals surface area contributed by atoms with E-state index in [4.69, 9.17) is 0 Å². The number of piperidine rings is 1. The van der Waals surface area contributed by atoms with Crippen LogP contribution in [0.5, 0.6) is 0 Å². The first-order chi connectivity index (χ1) is 12.1. The molecule has 9 heteroatoms. The summed E-state index contributed by atoms with van der Waals surface area (Å²) in [6.07, 6.45) is -3.35. The molecule has 0 amide bonds. The molecule has 1 aliphatic heterocycles. The maximum Gasteiger partial charge on any atom is 0.453 e. The normalized spacial score (nSPS) is 23.3. The lowest BCUT2D eigenvalue weighted by molar-refractivity contribution is -0.144. The van der Waals surface area contributed by atoms with Crippen molar-refractivity contribution in [3.63, 3.8) is 0 Å². The van der Waals surface area contributed by atoms with Crippen molar-refractivity contribution in [3.8, 4) is 0 Å². The molecule has 3 rings (SSSR count). The van der Waals surface area contributed by atoms with E-state index in [1.807, 2.05) is 6.92 Å². The first-order valence-electron chi connectivity index (χ1n) is 8.92.